The van der Waals surface area contributed by atoms with Crippen molar-refractivity contribution in [2.75, 3.05) is 11.5 Å². The lowest BCUT2D eigenvalue weighted by molar-refractivity contribution is 0.177. The van der Waals surface area contributed by atoms with E-state index in [-0.39, 0.29) is 23.1 Å². The Morgan fingerprint density at radius 2 is 2.28 bits per heavy atom. The van der Waals surface area contributed by atoms with E-state index < -0.39 is 9.84 Å². The monoisotopic (exact) mass is 379 g/mol. The second-order valence-electron chi connectivity index (χ2n) is 6.18. The lowest BCUT2D eigenvalue weighted by Gasteiger charge is -2.26. The Hall–Kier alpha value is -1.97. The Labute approximate surface area is 148 Å². The molecule has 0 bridgehead atoms. The standard InChI is InChI=1S/C16H17N3O4S2/c20-15-8-12(17-16-19(15)4-6-24-16)9-18(10-14-2-1-5-23-14)13-3-7-25(21,22)11-13/h1-2,4-6,8,13H,3,7,9-11H2/t13-/m0/s1. The third kappa shape index (κ3) is 3.53. The van der Waals surface area contributed by atoms with Crippen molar-refractivity contribution in [1.82, 2.24) is 14.3 Å². The predicted molar refractivity (Wildman–Crippen MR) is 94.4 cm³/mol. The molecule has 4 rings (SSSR count). The van der Waals surface area contributed by atoms with Crippen LogP contribution in [-0.4, -0.2) is 40.2 Å². The minimum Gasteiger partial charge on any atom is -0.468 e. The lowest BCUT2D eigenvalue weighted by atomic mass is 10.2. The third-order valence-corrected chi connectivity index (χ3v) is 6.89. The fourth-order valence-electron chi connectivity index (χ4n) is 3.16. The molecule has 3 aromatic heterocycles. The van der Waals surface area contributed by atoms with Crippen LogP contribution in [0.25, 0.3) is 4.96 Å². The lowest BCUT2D eigenvalue weighted by Crippen LogP contribution is -2.35. The molecule has 1 fully saturated rings. The van der Waals surface area contributed by atoms with Crippen molar-refractivity contribution >= 4 is 26.1 Å². The predicted octanol–water partition coefficient (Wildman–Crippen LogP) is 1.54. The van der Waals surface area contributed by atoms with Crippen LogP contribution < -0.4 is 5.56 Å². The van der Waals surface area contributed by atoms with Crippen molar-refractivity contribution < 1.29 is 12.8 Å². The summed E-state index contributed by atoms with van der Waals surface area (Å²) >= 11 is 1.40. The van der Waals surface area contributed by atoms with Crippen LogP contribution in [0.3, 0.4) is 0 Å². The maximum Gasteiger partial charge on any atom is 0.258 e. The molecule has 1 aliphatic heterocycles. The summed E-state index contributed by atoms with van der Waals surface area (Å²) in [7, 11) is -3.00. The summed E-state index contributed by atoms with van der Waals surface area (Å²) in [6.07, 6.45) is 3.88. The van der Waals surface area contributed by atoms with Gasteiger partial charge in [-0.3, -0.25) is 14.1 Å². The van der Waals surface area contributed by atoms with Crippen LogP contribution in [0.4, 0.5) is 0 Å². The Bertz CT molecular complexity index is 1040. The van der Waals surface area contributed by atoms with Crippen LogP contribution in [0, 0.1) is 0 Å². The van der Waals surface area contributed by atoms with Gasteiger partial charge in [0.1, 0.15) is 5.76 Å². The Balaban J connectivity index is 1.63. The second-order valence-corrected chi connectivity index (χ2v) is 9.28. The first-order valence-corrected chi connectivity index (χ1v) is 10.6. The van der Waals surface area contributed by atoms with E-state index in [0.29, 0.717) is 30.2 Å². The van der Waals surface area contributed by atoms with E-state index >= 15 is 0 Å². The van der Waals surface area contributed by atoms with Gasteiger partial charge in [0.25, 0.3) is 5.56 Å². The number of fused-ring (bicyclic) bond motifs is 1. The van der Waals surface area contributed by atoms with Gasteiger partial charge < -0.3 is 4.42 Å². The SMILES string of the molecule is O=c1cc(CN(Cc2ccco2)[C@H]2CCS(=O)(=O)C2)nc2sccn12. The maximum atomic E-state index is 12.2. The van der Waals surface area contributed by atoms with Crippen molar-refractivity contribution in [1.29, 1.82) is 0 Å². The molecule has 132 valence electrons. The van der Waals surface area contributed by atoms with E-state index in [0.717, 1.165) is 5.76 Å². The summed E-state index contributed by atoms with van der Waals surface area (Å²) in [4.78, 5) is 19.4. The molecule has 25 heavy (non-hydrogen) atoms. The van der Waals surface area contributed by atoms with Crippen molar-refractivity contribution in [3.05, 3.63) is 57.8 Å². The van der Waals surface area contributed by atoms with Crippen molar-refractivity contribution in [3.63, 3.8) is 0 Å². The van der Waals surface area contributed by atoms with E-state index in [2.05, 4.69) is 4.98 Å². The maximum absolute atomic E-state index is 12.2. The van der Waals surface area contributed by atoms with Gasteiger partial charge in [0.15, 0.2) is 14.8 Å². The molecule has 0 unspecified atom stereocenters. The summed E-state index contributed by atoms with van der Waals surface area (Å²) in [5.74, 6) is 1.10. The highest BCUT2D eigenvalue weighted by atomic mass is 32.2. The van der Waals surface area contributed by atoms with Crippen LogP contribution >= 0.6 is 11.3 Å². The number of rotatable bonds is 5. The summed E-state index contributed by atoms with van der Waals surface area (Å²) in [6, 6.07) is 5.08. The molecule has 9 heteroatoms. The zero-order valence-corrected chi connectivity index (χ0v) is 15.0. The van der Waals surface area contributed by atoms with E-state index in [1.54, 1.807) is 18.5 Å². The smallest absolute Gasteiger partial charge is 0.258 e. The van der Waals surface area contributed by atoms with Crippen molar-refractivity contribution in [3.8, 4) is 0 Å². The number of furan rings is 1. The molecule has 1 aliphatic rings. The number of nitrogens with zero attached hydrogens (tertiary/aromatic N) is 3. The van der Waals surface area contributed by atoms with Gasteiger partial charge in [-0.15, -0.1) is 11.3 Å². The summed E-state index contributed by atoms with van der Waals surface area (Å²) in [5, 5.41) is 1.82. The van der Waals surface area contributed by atoms with Gasteiger partial charge in [0, 0.05) is 30.2 Å². The second kappa shape index (κ2) is 6.40. The molecule has 0 amide bonds. The highest BCUT2D eigenvalue weighted by Crippen LogP contribution is 2.22. The van der Waals surface area contributed by atoms with E-state index in [1.807, 2.05) is 16.3 Å². The fourth-order valence-corrected chi connectivity index (χ4v) is 5.66. The third-order valence-electron chi connectivity index (χ3n) is 4.39. The molecule has 0 radical (unpaired) electrons. The van der Waals surface area contributed by atoms with Crippen LogP contribution in [0.1, 0.15) is 17.9 Å². The number of thiazole rings is 1. The Morgan fingerprint density at radius 1 is 1.40 bits per heavy atom. The number of hydrogen-bond acceptors (Lipinski definition) is 7. The minimum absolute atomic E-state index is 0.0984. The molecular formula is C16H17N3O4S2. The van der Waals surface area contributed by atoms with E-state index in [9.17, 15) is 13.2 Å². The molecule has 4 heterocycles. The molecule has 0 aliphatic carbocycles. The number of hydrogen-bond donors (Lipinski definition) is 0. The number of aromatic nitrogens is 2. The summed E-state index contributed by atoms with van der Waals surface area (Å²) < 4.78 is 30.7. The van der Waals surface area contributed by atoms with Crippen LogP contribution in [0.2, 0.25) is 0 Å². The zero-order chi connectivity index (χ0) is 17.4. The molecule has 7 nitrogen and oxygen atoms in total. The molecule has 0 N–H and O–H groups in total. The van der Waals surface area contributed by atoms with Gasteiger partial charge >= 0.3 is 0 Å². The summed E-state index contributed by atoms with van der Waals surface area (Å²) in [6.45, 7) is 0.892. The fraction of sp³-hybridized carbons (Fsp3) is 0.375. The summed E-state index contributed by atoms with van der Waals surface area (Å²) in [5.41, 5.74) is 0.515. The molecular weight excluding hydrogens is 362 g/mol. The Kier molecular flexibility index (Phi) is 4.22. The first-order valence-electron chi connectivity index (χ1n) is 7.93. The Morgan fingerprint density at radius 3 is 3.00 bits per heavy atom. The van der Waals surface area contributed by atoms with Crippen LogP contribution in [0.15, 0.2) is 45.3 Å². The molecule has 1 atom stereocenters. The van der Waals surface area contributed by atoms with Crippen molar-refractivity contribution in [2.45, 2.75) is 25.6 Å². The topological polar surface area (TPSA) is 84.9 Å². The molecule has 0 spiro atoms. The highest BCUT2D eigenvalue weighted by molar-refractivity contribution is 7.91. The van der Waals surface area contributed by atoms with E-state index in [4.69, 9.17) is 4.42 Å². The van der Waals surface area contributed by atoms with Gasteiger partial charge in [0.2, 0.25) is 0 Å². The number of sulfone groups is 1. The zero-order valence-electron chi connectivity index (χ0n) is 13.4. The molecule has 3 aromatic rings. The van der Waals surface area contributed by atoms with Gasteiger partial charge in [-0.1, -0.05) is 0 Å². The first kappa shape index (κ1) is 16.5. The van der Waals surface area contributed by atoms with Gasteiger partial charge in [-0.05, 0) is 18.6 Å². The average Bonchev–Trinajstić information content (AvgIpc) is 3.27. The van der Waals surface area contributed by atoms with E-state index in [1.165, 1.54) is 21.8 Å². The average molecular weight is 379 g/mol. The first-order chi connectivity index (χ1) is 12.0. The van der Waals surface area contributed by atoms with Gasteiger partial charge in [0.05, 0.1) is 30.0 Å². The molecule has 0 aromatic carbocycles. The van der Waals surface area contributed by atoms with Crippen molar-refractivity contribution in [2.24, 2.45) is 0 Å². The van der Waals surface area contributed by atoms with Gasteiger partial charge in [-0.2, -0.15) is 0 Å². The van der Waals surface area contributed by atoms with Crippen LogP contribution in [-0.2, 0) is 22.9 Å². The quantitative estimate of drug-likeness (QED) is 0.668. The molecule has 0 saturated carbocycles. The largest absolute Gasteiger partial charge is 0.468 e. The highest BCUT2D eigenvalue weighted by Gasteiger charge is 2.33. The molecule has 1 saturated heterocycles. The minimum atomic E-state index is -3.00. The van der Waals surface area contributed by atoms with Gasteiger partial charge in [-0.25, -0.2) is 13.4 Å². The van der Waals surface area contributed by atoms with Crippen LogP contribution in [0.5, 0.6) is 0 Å². The normalized spacial score (nSPS) is 19.8.